The Labute approximate surface area is 136 Å². The lowest BCUT2D eigenvalue weighted by Crippen LogP contribution is -2.54. The number of anilines is 1. The van der Waals surface area contributed by atoms with Gasteiger partial charge in [0.1, 0.15) is 5.54 Å². The Hall–Kier alpha value is -1.92. The number of rotatable bonds is 3. The Morgan fingerprint density at radius 1 is 1.22 bits per heavy atom. The minimum absolute atomic E-state index is 0.179. The number of benzene rings is 1. The fourth-order valence-corrected chi connectivity index (χ4v) is 2.37. The summed E-state index contributed by atoms with van der Waals surface area (Å²) in [6.07, 6.45) is 0.978. The molecule has 1 heterocycles. The van der Waals surface area contributed by atoms with E-state index in [1.807, 2.05) is 20.8 Å². The average Bonchev–Trinajstić information content (AvgIpc) is 2.46. The summed E-state index contributed by atoms with van der Waals surface area (Å²) < 4.78 is 5.25. The largest absolute Gasteiger partial charge is 0.381 e. The zero-order chi connectivity index (χ0) is 17.1. The molecule has 1 aromatic carbocycles. The maximum Gasteiger partial charge on any atom is 0.251 e. The molecule has 6 heteroatoms. The third kappa shape index (κ3) is 4.77. The first-order chi connectivity index (χ1) is 10.7. The summed E-state index contributed by atoms with van der Waals surface area (Å²) in [5, 5.41) is 5.70. The molecular weight excluding hydrogens is 294 g/mol. The van der Waals surface area contributed by atoms with Gasteiger partial charge in [-0.05, 0) is 51.8 Å². The maximum atomic E-state index is 12.4. The molecular formula is C17H25N3O3. The molecule has 126 valence electrons. The molecule has 0 saturated carbocycles. The minimum Gasteiger partial charge on any atom is -0.381 e. The second-order valence-corrected chi connectivity index (χ2v) is 7.01. The van der Waals surface area contributed by atoms with Crippen LogP contribution in [0.15, 0.2) is 24.3 Å². The summed E-state index contributed by atoms with van der Waals surface area (Å²) in [6, 6.07) is 6.85. The highest BCUT2D eigenvalue weighted by atomic mass is 16.5. The fraction of sp³-hybridized carbons (Fsp3) is 0.529. The Morgan fingerprint density at radius 3 is 2.48 bits per heavy atom. The van der Waals surface area contributed by atoms with Gasteiger partial charge in [0.05, 0.1) is 0 Å². The summed E-state index contributed by atoms with van der Waals surface area (Å²) in [7, 11) is 0. The van der Waals surface area contributed by atoms with Gasteiger partial charge in [-0.1, -0.05) is 6.07 Å². The molecule has 1 saturated heterocycles. The normalized spacial score (nSPS) is 17.4. The number of amides is 2. The lowest BCUT2D eigenvalue weighted by Gasteiger charge is -2.31. The van der Waals surface area contributed by atoms with Gasteiger partial charge in [0.25, 0.3) is 5.91 Å². The third-order valence-electron chi connectivity index (χ3n) is 3.71. The first kappa shape index (κ1) is 17.4. The van der Waals surface area contributed by atoms with Crippen molar-refractivity contribution in [3.63, 3.8) is 0 Å². The van der Waals surface area contributed by atoms with Crippen molar-refractivity contribution in [2.75, 3.05) is 18.5 Å². The van der Waals surface area contributed by atoms with Crippen molar-refractivity contribution in [2.24, 2.45) is 5.73 Å². The molecule has 0 radical (unpaired) electrons. The van der Waals surface area contributed by atoms with Gasteiger partial charge >= 0.3 is 0 Å². The molecule has 0 aromatic heterocycles. The lowest BCUT2D eigenvalue weighted by molar-refractivity contribution is -0.124. The predicted octanol–water partition coefficient (Wildman–Crippen LogP) is 1.66. The first-order valence-electron chi connectivity index (χ1n) is 7.80. The molecule has 1 aliphatic heterocycles. The number of hydrogen-bond donors (Lipinski definition) is 3. The Kier molecular flexibility index (Phi) is 5.06. The summed E-state index contributed by atoms with van der Waals surface area (Å²) in [5.74, 6) is -0.420. The van der Waals surface area contributed by atoms with Crippen LogP contribution in [-0.4, -0.2) is 36.1 Å². The van der Waals surface area contributed by atoms with Crippen molar-refractivity contribution in [3.05, 3.63) is 29.8 Å². The molecule has 2 rings (SSSR count). The molecule has 0 spiro atoms. The number of ether oxygens (including phenoxy) is 1. The Balaban J connectivity index is 2.08. The molecule has 0 bridgehead atoms. The molecule has 0 unspecified atom stereocenters. The van der Waals surface area contributed by atoms with Gasteiger partial charge in [-0.2, -0.15) is 0 Å². The van der Waals surface area contributed by atoms with E-state index in [0.29, 0.717) is 37.3 Å². The van der Waals surface area contributed by atoms with E-state index in [4.69, 9.17) is 10.5 Å². The van der Waals surface area contributed by atoms with Crippen LogP contribution in [-0.2, 0) is 9.53 Å². The number of nitrogens with one attached hydrogen (secondary N) is 2. The smallest absolute Gasteiger partial charge is 0.251 e. The summed E-state index contributed by atoms with van der Waals surface area (Å²) in [5.41, 5.74) is 5.98. The summed E-state index contributed by atoms with van der Waals surface area (Å²) in [6.45, 7) is 6.72. The van der Waals surface area contributed by atoms with Gasteiger partial charge in [0.15, 0.2) is 0 Å². The molecule has 6 nitrogen and oxygen atoms in total. The van der Waals surface area contributed by atoms with E-state index in [1.165, 1.54) is 0 Å². The predicted molar refractivity (Wildman–Crippen MR) is 89.3 cm³/mol. The van der Waals surface area contributed by atoms with Crippen LogP contribution in [0.25, 0.3) is 0 Å². The Morgan fingerprint density at radius 2 is 1.87 bits per heavy atom. The number of carbonyl (C=O) groups excluding carboxylic acids is 2. The van der Waals surface area contributed by atoms with E-state index in [0.717, 1.165) is 0 Å². The third-order valence-corrected chi connectivity index (χ3v) is 3.71. The van der Waals surface area contributed by atoms with Crippen LogP contribution in [0.2, 0.25) is 0 Å². The van der Waals surface area contributed by atoms with Crippen molar-refractivity contribution < 1.29 is 14.3 Å². The van der Waals surface area contributed by atoms with E-state index in [2.05, 4.69) is 10.6 Å². The van der Waals surface area contributed by atoms with Crippen molar-refractivity contribution in [1.82, 2.24) is 5.32 Å². The van der Waals surface area contributed by atoms with Crippen LogP contribution < -0.4 is 16.4 Å². The lowest BCUT2D eigenvalue weighted by atomic mass is 9.90. The van der Waals surface area contributed by atoms with Crippen LogP contribution >= 0.6 is 0 Å². The van der Waals surface area contributed by atoms with Crippen molar-refractivity contribution in [3.8, 4) is 0 Å². The van der Waals surface area contributed by atoms with Crippen LogP contribution in [0.5, 0.6) is 0 Å². The quantitative estimate of drug-likeness (QED) is 0.790. The van der Waals surface area contributed by atoms with Gasteiger partial charge in [0.2, 0.25) is 5.91 Å². The van der Waals surface area contributed by atoms with Gasteiger partial charge in [0, 0.05) is 30.0 Å². The molecule has 23 heavy (non-hydrogen) atoms. The molecule has 0 aliphatic carbocycles. The highest BCUT2D eigenvalue weighted by Gasteiger charge is 2.35. The zero-order valence-electron chi connectivity index (χ0n) is 13.9. The van der Waals surface area contributed by atoms with Crippen LogP contribution in [0.1, 0.15) is 44.0 Å². The van der Waals surface area contributed by atoms with E-state index in [-0.39, 0.29) is 17.4 Å². The van der Waals surface area contributed by atoms with Gasteiger partial charge < -0.3 is 21.1 Å². The molecule has 1 aromatic rings. The van der Waals surface area contributed by atoms with Crippen LogP contribution in [0.3, 0.4) is 0 Å². The second kappa shape index (κ2) is 6.68. The van der Waals surface area contributed by atoms with Crippen molar-refractivity contribution in [2.45, 2.75) is 44.7 Å². The fourth-order valence-electron chi connectivity index (χ4n) is 2.37. The summed E-state index contributed by atoms with van der Waals surface area (Å²) in [4.78, 5) is 24.6. The molecule has 1 fully saturated rings. The van der Waals surface area contributed by atoms with Crippen LogP contribution in [0.4, 0.5) is 5.69 Å². The van der Waals surface area contributed by atoms with Crippen molar-refractivity contribution in [1.29, 1.82) is 0 Å². The van der Waals surface area contributed by atoms with E-state index < -0.39 is 5.54 Å². The van der Waals surface area contributed by atoms with Gasteiger partial charge in [-0.15, -0.1) is 0 Å². The minimum atomic E-state index is -0.915. The standard InChI is InChI=1S/C17H25N3O3/c1-16(2,3)20-14(21)12-5-4-6-13(11-12)19-15(22)17(18)7-9-23-10-8-17/h4-6,11H,7-10,18H2,1-3H3,(H,19,22)(H,20,21). The molecule has 1 aliphatic rings. The first-order valence-corrected chi connectivity index (χ1v) is 7.80. The topological polar surface area (TPSA) is 93.5 Å². The molecule has 4 N–H and O–H groups in total. The number of nitrogens with two attached hydrogens (primary N) is 1. The monoisotopic (exact) mass is 319 g/mol. The van der Waals surface area contributed by atoms with E-state index >= 15 is 0 Å². The maximum absolute atomic E-state index is 12.4. The molecule has 2 amide bonds. The molecule has 0 atom stereocenters. The highest BCUT2D eigenvalue weighted by Crippen LogP contribution is 2.21. The number of carbonyl (C=O) groups is 2. The van der Waals surface area contributed by atoms with Crippen LogP contribution in [0, 0.1) is 0 Å². The zero-order valence-corrected chi connectivity index (χ0v) is 13.9. The van der Waals surface area contributed by atoms with Gasteiger partial charge in [-0.3, -0.25) is 9.59 Å². The van der Waals surface area contributed by atoms with Crippen molar-refractivity contribution >= 4 is 17.5 Å². The number of hydrogen-bond acceptors (Lipinski definition) is 4. The van der Waals surface area contributed by atoms with E-state index in [1.54, 1.807) is 24.3 Å². The Bertz CT molecular complexity index is 587. The SMILES string of the molecule is CC(C)(C)NC(=O)c1cccc(NC(=O)C2(N)CCOCC2)c1. The van der Waals surface area contributed by atoms with E-state index in [9.17, 15) is 9.59 Å². The average molecular weight is 319 g/mol. The van der Waals surface area contributed by atoms with Gasteiger partial charge in [-0.25, -0.2) is 0 Å². The highest BCUT2D eigenvalue weighted by molar-refractivity contribution is 6.00. The summed E-state index contributed by atoms with van der Waals surface area (Å²) >= 11 is 0. The second-order valence-electron chi connectivity index (χ2n) is 7.01.